The Morgan fingerprint density at radius 1 is 1.36 bits per heavy atom. The number of hydrogen-bond acceptors (Lipinski definition) is 5. The summed E-state index contributed by atoms with van der Waals surface area (Å²) in [6.07, 6.45) is 8.42. The summed E-state index contributed by atoms with van der Waals surface area (Å²) in [5.74, 6) is 2.55. The van der Waals surface area contributed by atoms with Gasteiger partial charge in [-0.2, -0.15) is 0 Å². The van der Waals surface area contributed by atoms with Gasteiger partial charge in [-0.05, 0) is 37.3 Å². The molecule has 152 valence electrons. The lowest BCUT2D eigenvalue weighted by Gasteiger charge is -2.32. The molecule has 7 heteroatoms. The third-order valence-electron chi connectivity index (χ3n) is 5.24. The third kappa shape index (κ3) is 5.10. The largest absolute Gasteiger partial charge is 0.396 e. The first-order valence-electron chi connectivity index (χ1n) is 10.2. The predicted octanol–water partition coefficient (Wildman–Crippen LogP) is 2.43. The van der Waals surface area contributed by atoms with E-state index in [9.17, 15) is 9.90 Å². The number of anilines is 1. The zero-order chi connectivity index (χ0) is 19.9. The van der Waals surface area contributed by atoms with Crippen LogP contribution in [-0.2, 0) is 6.54 Å². The molecule has 1 fully saturated rings. The number of aliphatic hydroxyl groups is 1. The van der Waals surface area contributed by atoms with Gasteiger partial charge in [0.25, 0.3) is 5.91 Å². The van der Waals surface area contributed by atoms with Crippen molar-refractivity contribution in [3.63, 3.8) is 0 Å². The molecule has 2 aromatic rings. The molecule has 1 amide bonds. The van der Waals surface area contributed by atoms with Crippen molar-refractivity contribution in [1.82, 2.24) is 19.9 Å². The van der Waals surface area contributed by atoms with Gasteiger partial charge in [0.1, 0.15) is 11.6 Å². The standard InChI is InChI=1S/C21H31N5O2/c1-16(2)20-22-9-12-25(20)11-4-8-23-21(28)18-6-7-19(24-13-18)26-10-3-5-17(14-26)15-27/h6-7,9,12-13,16-17,27H,3-5,8,10-11,14-15H2,1-2H3,(H,23,28)/t17-/m0/s1. The zero-order valence-corrected chi connectivity index (χ0v) is 16.8. The van der Waals surface area contributed by atoms with Crippen molar-refractivity contribution in [2.45, 2.75) is 45.6 Å². The highest BCUT2D eigenvalue weighted by Crippen LogP contribution is 2.21. The van der Waals surface area contributed by atoms with Crippen LogP contribution >= 0.6 is 0 Å². The summed E-state index contributed by atoms with van der Waals surface area (Å²) < 4.78 is 2.14. The van der Waals surface area contributed by atoms with E-state index in [1.807, 2.05) is 24.5 Å². The lowest BCUT2D eigenvalue weighted by Crippen LogP contribution is -2.37. The molecule has 3 heterocycles. The second-order valence-corrected chi connectivity index (χ2v) is 7.78. The van der Waals surface area contributed by atoms with E-state index >= 15 is 0 Å². The molecule has 1 atom stereocenters. The minimum Gasteiger partial charge on any atom is -0.396 e. The predicted molar refractivity (Wildman–Crippen MR) is 110 cm³/mol. The number of hydrogen-bond donors (Lipinski definition) is 2. The Labute approximate surface area is 166 Å². The first-order chi connectivity index (χ1) is 13.6. The molecule has 0 saturated carbocycles. The van der Waals surface area contributed by atoms with E-state index in [0.717, 1.165) is 50.5 Å². The summed E-state index contributed by atoms with van der Waals surface area (Å²) in [6.45, 7) is 7.70. The average Bonchev–Trinajstić information content (AvgIpc) is 3.20. The smallest absolute Gasteiger partial charge is 0.252 e. The van der Waals surface area contributed by atoms with Crippen molar-refractivity contribution < 1.29 is 9.90 Å². The van der Waals surface area contributed by atoms with Gasteiger partial charge in [-0.25, -0.2) is 9.97 Å². The van der Waals surface area contributed by atoms with Crippen LogP contribution < -0.4 is 10.2 Å². The Morgan fingerprint density at radius 3 is 2.93 bits per heavy atom. The SMILES string of the molecule is CC(C)c1nccn1CCCNC(=O)c1ccc(N2CCC[C@H](CO)C2)nc1. The summed E-state index contributed by atoms with van der Waals surface area (Å²) in [6, 6.07) is 3.72. The van der Waals surface area contributed by atoms with Crippen molar-refractivity contribution in [2.24, 2.45) is 5.92 Å². The molecule has 28 heavy (non-hydrogen) atoms. The first kappa shape index (κ1) is 20.3. The third-order valence-corrected chi connectivity index (χ3v) is 5.24. The zero-order valence-electron chi connectivity index (χ0n) is 16.8. The number of aliphatic hydroxyl groups excluding tert-OH is 1. The van der Waals surface area contributed by atoms with E-state index in [0.29, 0.717) is 23.9 Å². The molecule has 7 nitrogen and oxygen atoms in total. The Kier molecular flexibility index (Phi) is 7.03. The molecule has 3 rings (SSSR count). The number of rotatable bonds is 8. The fraction of sp³-hybridized carbons (Fsp3) is 0.571. The lowest BCUT2D eigenvalue weighted by atomic mass is 9.99. The van der Waals surface area contributed by atoms with Gasteiger partial charge >= 0.3 is 0 Å². The van der Waals surface area contributed by atoms with Crippen LogP contribution in [0.4, 0.5) is 5.82 Å². The Hall–Kier alpha value is -2.41. The molecule has 0 bridgehead atoms. The number of nitrogens with zero attached hydrogens (tertiary/aromatic N) is 4. The maximum atomic E-state index is 12.4. The van der Waals surface area contributed by atoms with Crippen LogP contribution in [0.1, 0.15) is 55.2 Å². The molecular weight excluding hydrogens is 354 g/mol. The van der Waals surface area contributed by atoms with E-state index in [1.54, 1.807) is 6.20 Å². The molecule has 0 radical (unpaired) electrons. The first-order valence-corrected chi connectivity index (χ1v) is 10.2. The molecular formula is C21H31N5O2. The molecule has 1 aliphatic heterocycles. The molecule has 0 aromatic carbocycles. The van der Waals surface area contributed by atoms with Gasteiger partial charge in [-0.1, -0.05) is 13.8 Å². The molecule has 0 aliphatic carbocycles. The maximum absolute atomic E-state index is 12.4. The highest BCUT2D eigenvalue weighted by Gasteiger charge is 2.20. The molecule has 0 spiro atoms. The molecule has 2 N–H and O–H groups in total. The van der Waals surface area contributed by atoms with Gasteiger partial charge in [0.15, 0.2) is 0 Å². The number of imidazole rings is 1. The minimum absolute atomic E-state index is 0.0966. The second-order valence-electron chi connectivity index (χ2n) is 7.78. The number of piperidine rings is 1. The highest BCUT2D eigenvalue weighted by molar-refractivity contribution is 5.94. The second kappa shape index (κ2) is 9.68. The monoisotopic (exact) mass is 385 g/mol. The maximum Gasteiger partial charge on any atom is 0.252 e. The van der Waals surface area contributed by atoms with Gasteiger partial charge in [0.05, 0.1) is 5.56 Å². The summed E-state index contributed by atoms with van der Waals surface area (Å²) in [5, 5.41) is 12.3. The summed E-state index contributed by atoms with van der Waals surface area (Å²) >= 11 is 0. The normalized spacial score (nSPS) is 17.1. The molecule has 0 unspecified atom stereocenters. The number of pyridine rings is 1. The fourth-order valence-corrected chi connectivity index (χ4v) is 3.69. The molecule has 1 aliphatic rings. The van der Waals surface area contributed by atoms with Crippen molar-refractivity contribution in [3.05, 3.63) is 42.1 Å². The van der Waals surface area contributed by atoms with Gasteiger partial charge in [0, 0.05) is 57.3 Å². The topological polar surface area (TPSA) is 83.3 Å². The highest BCUT2D eigenvalue weighted by atomic mass is 16.3. The minimum atomic E-state index is -0.0966. The van der Waals surface area contributed by atoms with Crippen LogP contribution in [0.2, 0.25) is 0 Å². The number of carbonyl (C=O) groups is 1. The van der Waals surface area contributed by atoms with Crippen molar-refractivity contribution in [1.29, 1.82) is 0 Å². The summed E-state index contributed by atoms with van der Waals surface area (Å²) in [5.41, 5.74) is 0.574. The van der Waals surface area contributed by atoms with Crippen molar-refractivity contribution in [2.75, 3.05) is 31.1 Å². The van der Waals surface area contributed by atoms with Gasteiger partial charge in [-0.15, -0.1) is 0 Å². The van der Waals surface area contributed by atoms with E-state index in [1.165, 1.54) is 0 Å². The van der Waals surface area contributed by atoms with Gasteiger partial charge < -0.3 is 19.9 Å². The summed E-state index contributed by atoms with van der Waals surface area (Å²) in [4.78, 5) is 23.4. The Balaban J connectivity index is 1.46. The Bertz CT molecular complexity index is 756. The van der Waals surface area contributed by atoms with E-state index in [4.69, 9.17) is 0 Å². The van der Waals surface area contributed by atoms with E-state index < -0.39 is 0 Å². The van der Waals surface area contributed by atoms with Crippen molar-refractivity contribution in [3.8, 4) is 0 Å². The van der Waals surface area contributed by atoms with Gasteiger partial charge in [-0.3, -0.25) is 4.79 Å². The number of aromatic nitrogens is 3. The average molecular weight is 386 g/mol. The summed E-state index contributed by atoms with van der Waals surface area (Å²) in [7, 11) is 0. The number of carbonyl (C=O) groups excluding carboxylic acids is 1. The lowest BCUT2D eigenvalue weighted by molar-refractivity contribution is 0.0952. The van der Waals surface area contributed by atoms with E-state index in [2.05, 4.69) is 38.6 Å². The van der Waals surface area contributed by atoms with Crippen LogP contribution in [0.3, 0.4) is 0 Å². The van der Waals surface area contributed by atoms with E-state index in [-0.39, 0.29) is 12.5 Å². The molecule has 2 aromatic heterocycles. The number of nitrogens with one attached hydrogen (secondary N) is 1. The number of aryl methyl sites for hydroxylation is 1. The van der Waals surface area contributed by atoms with Crippen LogP contribution in [-0.4, -0.2) is 51.8 Å². The van der Waals surface area contributed by atoms with Crippen LogP contribution in [0.25, 0.3) is 0 Å². The molecule has 1 saturated heterocycles. The quantitative estimate of drug-likeness (QED) is 0.682. The Morgan fingerprint density at radius 2 is 2.21 bits per heavy atom. The van der Waals surface area contributed by atoms with Crippen LogP contribution in [0.5, 0.6) is 0 Å². The fourth-order valence-electron chi connectivity index (χ4n) is 3.69. The van der Waals surface area contributed by atoms with Gasteiger partial charge in [0.2, 0.25) is 0 Å². The number of amides is 1. The van der Waals surface area contributed by atoms with Crippen LogP contribution in [0, 0.1) is 5.92 Å². The van der Waals surface area contributed by atoms with Crippen molar-refractivity contribution >= 4 is 11.7 Å². The van der Waals surface area contributed by atoms with Crippen LogP contribution in [0.15, 0.2) is 30.7 Å².